The number of amides is 2. The van der Waals surface area contributed by atoms with E-state index in [1.165, 1.54) is 0 Å². The molecular formula is C17H20N2O3. The topological polar surface area (TPSA) is 42.0 Å². The maximum atomic E-state index is 12.6. The molecule has 0 saturated carbocycles. The van der Waals surface area contributed by atoms with Crippen molar-refractivity contribution < 1.29 is 14.4 Å². The van der Waals surface area contributed by atoms with Crippen LogP contribution in [-0.4, -0.2) is 47.8 Å². The number of carbonyl (C=O) groups excluding carboxylic acids is 1. The Bertz CT molecular complexity index is 585. The number of hydrogen-bond acceptors (Lipinski definition) is 3. The number of rotatable bonds is 4. The van der Waals surface area contributed by atoms with Crippen LogP contribution in [0.2, 0.25) is 0 Å². The van der Waals surface area contributed by atoms with Crippen LogP contribution in [0.5, 0.6) is 0 Å². The van der Waals surface area contributed by atoms with Crippen LogP contribution in [0.1, 0.15) is 12.0 Å². The third-order valence-corrected chi connectivity index (χ3v) is 5.07. The average Bonchev–Trinajstić information content (AvgIpc) is 2.80. The summed E-state index contributed by atoms with van der Waals surface area (Å²) in [5, 5.41) is 1.58. The molecule has 3 saturated heterocycles. The third-order valence-electron chi connectivity index (χ3n) is 5.07. The van der Waals surface area contributed by atoms with Crippen molar-refractivity contribution in [2.75, 3.05) is 19.8 Å². The molecule has 5 nitrogen and oxygen atoms in total. The quantitative estimate of drug-likeness (QED) is 0.801. The van der Waals surface area contributed by atoms with E-state index >= 15 is 0 Å². The Hall–Kier alpha value is -1.85. The van der Waals surface area contributed by atoms with Crippen LogP contribution in [0.3, 0.4) is 0 Å². The predicted octanol–water partition coefficient (Wildman–Crippen LogP) is 2.20. The third kappa shape index (κ3) is 1.96. The van der Waals surface area contributed by atoms with E-state index in [-0.39, 0.29) is 23.5 Å². The monoisotopic (exact) mass is 300 g/mol. The Balaban J connectivity index is 1.54. The van der Waals surface area contributed by atoms with Gasteiger partial charge in [0.05, 0.1) is 25.3 Å². The SMILES string of the molecule is C=CC1CC2(COC2)C2CN1C(=O)N2OCc1ccccc1. The molecule has 22 heavy (non-hydrogen) atoms. The molecule has 0 N–H and O–H groups in total. The molecule has 2 atom stereocenters. The summed E-state index contributed by atoms with van der Waals surface area (Å²) in [5.74, 6) is 0. The van der Waals surface area contributed by atoms with Gasteiger partial charge >= 0.3 is 6.03 Å². The van der Waals surface area contributed by atoms with Crippen molar-refractivity contribution in [2.45, 2.75) is 25.1 Å². The molecule has 1 aromatic rings. The fourth-order valence-corrected chi connectivity index (χ4v) is 3.73. The van der Waals surface area contributed by atoms with Gasteiger partial charge in [0.1, 0.15) is 6.61 Å². The number of benzene rings is 1. The molecule has 1 spiro atoms. The van der Waals surface area contributed by atoms with Crippen molar-refractivity contribution in [1.82, 2.24) is 9.96 Å². The average molecular weight is 300 g/mol. The van der Waals surface area contributed by atoms with Gasteiger partial charge in [-0.1, -0.05) is 36.4 Å². The van der Waals surface area contributed by atoms with Crippen LogP contribution in [0, 0.1) is 5.41 Å². The lowest BCUT2D eigenvalue weighted by Crippen LogP contribution is -2.61. The molecule has 3 aliphatic rings. The first-order valence-corrected chi connectivity index (χ1v) is 7.70. The Labute approximate surface area is 130 Å². The largest absolute Gasteiger partial charge is 0.380 e. The van der Waals surface area contributed by atoms with Crippen molar-refractivity contribution in [3.05, 3.63) is 48.6 Å². The zero-order valence-electron chi connectivity index (χ0n) is 12.5. The van der Waals surface area contributed by atoms with E-state index in [1.807, 2.05) is 41.3 Å². The molecule has 4 rings (SSSR count). The molecule has 2 unspecified atom stereocenters. The minimum Gasteiger partial charge on any atom is -0.380 e. The van der Waals surface area contributed by atoms with Crippen molar-refractivity contribution in [1.29, 1.82) is 0 Å². The molecular weight excluding hydrogens is 280 g/mol. The summed E-state index contributed by atoms with van der Waals surface area (Å²) in [4.78, 5) is 20.4. The second kappa shape index (κ2) is 5.11. The van der Waals surface area contributed by atoms with Crippen molar-refractivity contribution in [2.24, 2.45) is 5.41 Å². The maximum absolute atomic E-state index is 12.6. The van der Waals surface area contributed by atoms with Crippen LogP contribution in [0.4, 0.5) is 4.79 Å². The van der Waals surface area contributed by atoms with Gasteiger partial charge in [-0.25, -0.2) is 4.79 Å². The van der Waals surface area contributed by atoms with E-state index in [4.69, 9.17) is 9.57 Å². The van der Waals surface area contributed by atoms with Crippen LogP contribution < -0.4 is 0 Å². The lowest BCUT2D eigenvalue weighted by Gasteiger charge is -2.50. The van der Waals surface area contributed by atoms with E-state index in [0.717, 1.165) is 12.0 Å². The molecule has 3 heterocycles. The Morgan fingerprint density at radius 1 is 1.36 bits per heavy atom. The summed E-state index contributed by atoms with van der Waals surface area (Å²) < 4.78 is 5.46. The Morgan fingerprint density at radius 2 is 2.14 bits per heavy atom. The van der Waals surface area contributed by atoms with Gasteiger partial charge < -0.3 is 9.64 Å². The van der Waals surface area contributed by atoms with Gasteiger partial charge in [-0.05, 0) is 12.0 Å². The second-order valence-electron chi connectivity index (χ2n) is 6.40. The van der Waals surface area contributed by atoms with Gasteiger partial charge in [0.25, 0.3) is 0 Å². The number of carbonyl (C=O) groups is 1. The van der Waals surface area contributed by atoms with Crippen LogP contribution in [-0.2, 0) is 16.2 Å². The normalized spacial score (nSPS) is 28.8. The Morgan fingerprint density at radius 3 is 2.77 bits per heavy atom. The molecule has 5 heteroatoms. The standard InChI is InChI=1S/C17H20N2O3/c1-2-14-8-17(11-21-12-17)15-9-18(14)16(20)19(15)22-10-13-6-4-3-5-7-13/h2-7,14-15H,1,8-12H2. The van der Waals surface area contributed by atoms with Crippen molar-refractivity contribution in [3.8, 4) is 0 Å². The van der Waals surface area contributed by atoms with Crippen LogP contribution >= 0.6 is 0 Å². The zero-order valence-corrected chi connectivity index (χ0v) is 12.5. The highest BCUT2D eigenvalue weighted by Crippen LogP contribution is 2.47. The highest BCUT2D eigenvalue weighted by molar-refractivity contribution is 5.77. The molecule has 0 aliphatic carbocycles. The summed E-state index contributed by atoms with van der Waals surface area (Å²) >= 11 is 0. The number of hydrogen-bond donors (Lipinski definition) is 0. The van der Waals surface area contributed by atoms with Crippen LogP contribution in [0.15, 0.2) is 43.0 Å². The van der Waals surface area contributed by atoms with Crippen LogP contribution in [0.25, 0.3) is 0 Å². The van der Waals surface area contributed by atoms with Crippen molar-refractivity contribution in [3.63, 3.8) is 0 Å². The summed E-state index contributed by atoms with van der Waals surface area (Å²) in [5.41, 5.74) is 1.09. The van der Waals surface area contributed by atoms with Gasteiger partial charge in [0, 0.05) is 12.0 Å². The molecule has 0 radical (unpaired) electrons. The molecule has 1 aromatic carbocycles. The summed E-state index contributed by atoms with van der Waals surface area (Å²) in [7, 11) is 0. The summed E-state index contributed by atoms with van der Waals surface area (Å²) in [6.45, 7) is 6.40. The number of piperidine rings is 1. The number of nitrogens with zero attached hydrogens (tertiary/aromatic N) is 2. The molecule has 3 fully saturated rings. The first-order chi connectivity index (χ1) is 10.7. The van der Waals surface area contributed by atoms with Gasteiger partial charge in [0.15, 0.2) is 0 Å². The fraction of sp³-hybridized carbons (Fsp3) is 0.471. The minimum absolute atomic E-state index is 0.0260. The first-order valence-electron chi connectivity index (χ1n) is 7.70. The number of urea groups is 1. The number of ether oxygens (including phenoxy) is 1. The van der Waals surface area contributed by atoms with E-state index < -0.39 is 0 Å². The van der Waals surface area contributed by atoms with Crippen molar-refractivity contribution >= 4 is 6.03 Å². The van der Waals surface area contributed by atoms with Gasteiger partial charge in [0.2, 0.25) is 0 Å². The molecule has 3 aliphatic heterocycles. The molecule has 0 aromatic heterocycles. The number of fused-ring (bicyclic) bond motifs is 3. The lowest BCUT2D eigenvalue weighted by atomic mass is 9.71. The molecule has 2 bridgehead atoms. The zero-order chi connectivity index (χ0) is 15.2. The van der Waals surface area contributed by atoms with Gasteiger partial charge in [-0.3, -0.25) is 4.84 Å². The van der Waals surface area contributed by atoms with E-state index in [0.29, 0.717) is 26.4 Å². The smallest absolute Gasteiger partial charge is 0.344 e. The van der Waals surface area contributed by atoms with E-state index in [1.54, 1.807) is 5.06 Å². The highest BCUT2D eigenvalue weighted by Gasteiger charge is 2.60. The van der Waals surface area contributed by atoms with Gasteiger partial charge in [-0.2, -0.15) is 5.06 Å². The maximum Gasteiger partial charge on any atom is 0.344 e. The molecule has 2 amide bonds. The summed E-state index contributed by atoms with van der Waals surface area (Å²) in [6.07, 6.45) is 2.78. The Kier molecular flexibility index (Phi) is 3.20. The highest BCUT2D eigenvalue weighted by atomic mass is 16.7. The van der Waals surface area contributed by atoms with E-state index in [9.17, 15) is 4.79 Å². The first kappa shape index (κ1) is 13.8. The summed E-state index contributed by atoms with van der Waals surface area (Å²) in [6, 6.07) is 10.0. The number of hydroxylamine groups is 2. The molecule has 116 valence electrons. The minimum atomic E-state index is -0.0467. The predicted molar refractivity (Wildman–Crippen MR) is 80.8 cm³/mol. The van der Waals surface area contributed by atoms with E-state index in [2.05, 4.69) is 6.58 Å². The van der Waals surface area contributed by atoms with Gasteiger partial charge in [-0.15, -0.1) is 6.58 Å². The second-order valence-corrected chi connectivity index (χ2v) is 6.40. The fourth-order valence-electron chi connectivity index (χ4n) is 3.73. The lowest BCUT2D eigenvalue weighted by molar-refractivity contribution is -0.222.